The number of morpholine rings is 1. The van der Waals surface area contributed by atoms with E-state index in [0.717, 1.165) is 18.7 Å². The Labute approximate surface area is 305 Å². The number of aromatic nitrogens is 3. The van der Waals surface area contributed by atoms with Crippen LogP contribution in [0.1, 0.15) is 37.5 Å². The van der Waals surface area contributed by atoms with Crippen molar-refractivity contribution in [1.82, 2.24) is 24.1 Å². The van der Waals surface area contributed by atoms with Crippen LogP contribution in [0.15, 0.2) is 85.2 Å². The summed E-state index contributed by atoms with van der Waals surface area (Å²) in [6.45, 7) is 3.92. The van der Waals surface area contributed by atoms with Crippen LogP contribution in [0.2, 0.25) is 5.02 Å². The van der Waals surface area contributed by atoms with Crippen molar-refractivity contribution in [2.75, 3.05) is 37.7 Å². The fourth-order valence-electron chi connectivity index (χ4n) is 7.25. The highest BCUT2D eigenvalue weighted by molar-refractivity contribution is 6.31. The first-order valence-electron chi connectivity index (χ1n) is 17.1. The van der Waals surface area contributed by atoms with Gasteiger partial charge in [-0.25, -0.2) is 8.78 Å². The maximum absolute atomic E-state index is 14.8. The highest BCUT2D eigenvalue weighted by Crippen LogP contribution is 2.36. The molecule has 0 radical (unpaired) electrons. The summed E-state index contributed by atoms with van der Waals surface area (Å²) in [7, 11) is 3.32. The van der Waals surface area contributed by atoms with Gasteiger partial charge in [0.2, 0.25) is 6.43 Å². The number of halogens is 3. The molecule has 3 aromatic carbocycles. The van der Waals surface area contributed by atoms with Crippen molar-refractivity contribution in [2.24, 2.45) is 14.1 Å². The zero-order valence-corrected chi connectivity index (χ0v) is 29.6. The van der Waals surface area contributed by atoms with E-state index >= 15 is 0 Å². The second kappa shape index (κ2) is 14.9. The van der Waals surface area contributed by atoms with Gasteiger partial charge in [0.1, 0.15) is 5.75 Å². The summed E-state index contributed by atoms with van der Waals surface area (Å²) in [6.07, 6.45) is 0.356. The van der Waals surface area contributed by atoms with Crippen molar-refractivity contribution in [2.45, 2.75) is 31.9 Å². The van der Waals surface area contributed by atoms with Crippen LogP contribution in [0.5, 0.6) is 5.75 Å². The lowest BCUT2D eigenvalue weighted by Crippen LogP contribution is -2.52. The van der Waals surface area contributed by atoms with Crippen LogP contribution in [0.3, 0.4) is 0 Å². The van der Waals surface area contributed by atoms with Crippen LogP contribution in [0.25, 0.3) is 11.3 Å². The Balaban J connectivity index is 1.31. The van der Waals surface area contributed by atoms with E-state index in [1.807, 2.05) is 23.1 Å². The standard InChI is InChI=1S/C39H39ClF2N6O4/c1-44-23-30(21-43-44)48(28-8-10-31(49)11-9-28)39(51)34-19-35(45(2)36(34)20-37(41)42)33-18-27(40)7-12-32(33)38(50)47-22-26-6-4-3-5-25(26)17-29(47)24-46-13-15-52-16-14-46/h3-12,18-19,21,23,29,37,49H,13-17,20,22,24H2,1-2H3/t29-/m0/s1. The topological polar surface area (TPSA) is 96.1 Å². The quantitative estimate of drug-likeness (QED) is 0.187. The largest absolute Gasteiger partial charge is 0.508 e. The third-order valence-corrected chi connectivity index (χ3v) is 10.1. The van der Waals surface area contributed by atoms with Gasteiger partial charge in [-0.1, -0.05) is 35.9 Å². The summed E-state index contributed by atoms with van der Waals surface area (Å²) in [5, 5.41) is 14.5. The number of hydrogen-bond acceptors (Lipinski definition) is 6. The van der Waals surface area contributed by atoms with E-state index < -0.39 is 18.8 Å². The molecule has 2 aromatic heterocycles. The summed E-state index contributed by atoms with van der Waals surface area (Å²) in [5.74, 6) is -0.792. The van der Waals surface area contributed by atoms with Crippen molar-refractivity contribution in [1.29, 1.82) is 0 Å². The van der Waals surface area contributed by atoms with Crippen molar-refractivity contribution in [3.8, 4) is 17.0 Å². The van der Waals surface area contributed by atoms with Gasteiger partial charge in [0.15, 0.2) is 0 Å². The normalized spacial score (nSPS) is 16.3. The van der Waals surface area contributed by atoms with Crippen LogP contribution < -0.4 is 4.90 Å². The Bertz CT molecular complexity index is 2090. The molecule has 0 unspecified atom stereocenters. The van der Waals surface area contributed by atoms with Crippen molar-refractivity contribution in [3.63, 3.8) is 0 Å². The number of amides is 2. The molecule has 0 spiro atoms. The van der Waals surface area contributed by atoms with Gasteiger partial charge in [0.25, 0.3) is 11.8 Å². The molecule has 5 aromatic rings. The molecule has 4 heterocycles. The molecule has 1 saturated heterocycles. The average Bonchev–Trinajstić information content (AvgIpc) is 3.70. The molecule has 0 saturated carbocycles. The van der Waals surface area contributed by atoms with Crippen LogP contribution >= 0.6 is 11.6 Å². The van der Waals surface area contributed by atoms with Crippen molar-refractivity contribution in [3.05, 3.63) is 118 Å². The molecule has 0 aliphatic carbocycles. The van der Waals surface area contributed by atoms with Crippen LogP contribution in [-0.2, 0) is 38.2 Å². The summed E-state index contributed by atoms with van der Waals surface area (Å²) < 4.78 is 37.2. The van der Waals surface area contributed by atoms with Gasteiger partial charge in [-0.05, 0) is 66.1 Å². The number of aromatic hydroxyl groups is 1. The summed E-state index contributed by atoms with van der Waals surface area (Å²) in [5.41, 5.74) is 4.38. The molecule has 1 atom stereocenters. The molecule has 270 valence electrons. The first-order valence-corrected chi connectivity index (χ1v) is 17.5. The second-order valence-corrected chi connectivity index (χ2v) is 13.7. The zero-order chi connectivity index (χ0) is 36.5. The Morgan fingerprint density at radius 3 is 2.40 bits per heavy atom. The van der Waals surface area contributed by atoms with E-state index in [4.69, 9.17) is 16.3 Å². The number of aryl methyl sites for hydroxylation is 1. The fraction of sp³-hybridized carbons (Fsp3) is 0.308. The first-order chi connectivity index (χ1) is 25.1. The summed E-state index contributed by atoms with van der Waals surface area (Å²) in [6, 6.07) is 20.6. The first kappa shape index (κ1) is 35.4. The van der Waals surface area contributed by atoms with Gasteiger partial charge in [-0.2, -0.15) is 5.10 Å². The number of phenolic OH excluding ortho intramolecular Hbond substituents is 1. The SMILES string of the molecule is Cn1cc(N(C(=O)c2cc(-c3cc(Cl)ccc3C(=O)N3Cc4ccccc4C[C@H]3CN3CCOCC3)n(C)c2CC(F)F)c2ccc(O)cc2)cn1. The number of ether oxygens (including phenoxy) is 1. The number of anilines is 2. The third-order valence-electron chi connectivity index (χ3n) is 9.87. The van der Waals surface area contributed by atoms with E-state index in [9.17, 15) is 23.5 Å². The van der Waals surface area contributed by atoms with Crippen molar-refractivity contribution >= 4 is 34.8 Å². The molecule has 7 rings (SSSR count). The maximum Gasteiger partial charge on any atom is 0.264 e. The minimum absolute atomic E-state index is 0.00486. The molecule has 13 heteroatoms. The van der Waals surface area contributed by atoms with E-state index in [2.05, 4.69) is 16.1 Å². The van der Waals surface area contributed by atoms with Crippen LogP contribution in [-0.4, -0.2) is 86.4 Å². The van der Waals surface area contributed by atoms with Gasteiger partial charge in [0.05, 0.1) is 30.7 Å². The molecule has 10 nitrogen and oxygen atoms in total. The Hall–Kier alpha value is -5.04. The monoisotopic (exact) mass is 728 g/mol. The predicted octanol–water partition coefficient (Wildman–Crippen LogP) is 6.47. The molecular weight excluding hydrogens is 690 g/mol. The van der Waals surface area contributed by atoms with E-state index in [1.54, 1.807) is 61.3 Å². The summed E-state index contributed by atoms with van der Waals surface area (Å²) in [4.78, 5) is 35.0. The summed E-state index contributed by atoms with van der Waals surface area (Å²) >= 11 is 6.58. The minimum Gasteiger partial charge on any atom is -0.508 e. The number of nitrogens with zero attached hydrogens (tertiary/aromatic N) is 6. The smallest absolute Gasteiger partial charge is 0.264 e. The molecule has 1 fully saturated rings. The lowest BCUT2D eigenvalue weighted by Gasteiger charge is -2.40. The minimum atomic E-state index is -2.76. The number of carbonyl (C=O) groups excluding carboxylic acids is 2. The maximum atomic E-state index is 14.8. The predicted molar refractivity (Wildman–Crippen MR) is 194 cm³/mol. The number of rotatable bonds is 9. The Morgan fingerprint density at radius 1 is 0.981 bits per heavy atom. The van der Waals surface area contributed by atoms with E-state index in [-0.39, 0.29) is 29.0 Å². The molecule has 1 N–H and O–H groups in total. The van der Waals surface area contributed by atoms with E-state index in [0.29, 0.717) is 65.9 Å². The number of alkyl halides is 2. The highest BCUT2D eigenvalue weighted by Gasteiger charge is 2.35. The van der Waals surface area contributed by atoms with Gasteiger partial charge >= 0.3 is 0 Å². The second-order valence-electron chi connectivity index (χ2n) is 13.2. The number of benzene rings is 3. The number of hydrogen-bond donors (Lipinski definition) is 1. The van der Waals surface area contributed by atoms with Crippen LogP contribution in [0, 0.1) is 0 Å². The number of phenols is 1. The third kappa shape index (κ3) is 7.19. The average molecular weight is 729 g/mol. The van der Waals surface area contributed by atoms with Gasteiger partial charge in [-0.15, -0.1) is 0 Å². The molecule has 2 aliphatic rings. The molecule has 0 bridgehead atoms. The highest BCUT2D eigenvalue weighted by atomic mass is 35.5. The Kier molecular flexibility index (Phi) is 10.1. The lowest BCUT2D eigenvalue weighted by molar-refractivity contribution is 0.0193. The molecule has 2 amide bonds. The molecule has 52 heavy (non-hydrogen) atoms. The zero-order valence-electron chi connectivity index (χ0n) is 28.9. The lowest BCUT2D eigenvalue weighted by atomic mass is 9.92. The number of fused-ring (bicyclic) bond motifs is 1. The molecule has 2 aliphatic heterocycles. The molecular formula is C39H39ClF2N6O4. The van der Waals surface area contributed by atoms with Crippen molar-refractivity contribution < 1.29 is 28.2 Å². The van der Waals surface area contributed by atoms with Gasteiger partial charge in [0, 0.05) is 92.2 Å². The van der Waals surface area contributed by atoms with Gasteiger partial charge in [-0.3, -0.25) is 24.1 Å². The Morgan fingerprint density at radius 2 is 1.71 bits per heavy atom. The fourth-order valence-corrected chi connectivity index (χ4v) is 7.42. The number of carbonyl (C=O) groups is 2. The van der Waals surface area contributed by atoms with E-state index in [1.165, 1.54) is 33.5 Å². The van der Waals surface area contributed by atoms with Crippen LogP contribution in [0.4, 0.5) is 20.2 Å². The van der Waals surface area contributed by atoms with Gasteiger partial charge < -0.3 is 19.3 Å².